The number of hydrogen-bond acceptors (Lipinski definition) is 6. The van der Waals surface area contributed by atoms with E-state index in [4.69, 9.17) is 9.15 Å². The van der Waals surface area contributed by atoms with Crippen molar-refractivity contribution in [3.8, 4) is 0 Å². The Morgan fingerprint density at radius 2 is 1.71 bits per heavy atom. The zero-order valence-corrected chi connectivity index (χ0v) is 25.1. The number of hydrogen-bond donors (Lipinski definition) is 1. The second kappa shape index (κ2) is 11.9. The van der Waals surface area contributed by atoms with Gasteiger partial charge in [0.05, 0.1) is 56.5 Å². The minimum absolute atomic E-state index is 0.172. The molecule has 9 heteroatoms. The van der Waals surface area contributed by atoms with Crippen LogP contribution in [0.3, 0.4) is 0 Å². The molecule has 1 saturated heterocycles. The number of quaternary nitrogens is 1. The van der Waals surface area contributed by atoms with E-state index in [0.29, 0.717) is 35.2 Å². The molecule has 0 amide bonds. The number of furan rings is 1. The predicted molar refractivity (Wildman–Crippen MR) is 163 cm³/mol. The number of aliphatic hydroxyl groups excluding tert-OH is 1. The summed E-state index contributed by atoms with van der Waals surface area (Å²) >= 11 is 0. The maximum absolute atomic E-state index is 14.5. The highest BCUT2D eigenvalue weighted by atomic mass is 32.2. The number of ether oxygens (including phenoxy) is 1. The summed E-state index contributed by atoms with van der Waals surface area (Å²) in [7, 11) is 0.487. The SMILES string of the molecule is CCOC(O)c1oc2ccc(S(=O)(=O)N(CCc3ccccc3)c3ccccc3N3CC[N+](C)(C)CC3)cc2c1C. The van der Waals surface area contributed by atoms with E-state index in [1.165, 1.54) is 0 Å². The normalized spacial score (nSPS) is 16.2. The summed E-state index contributed by atoms with van der Waals surface area (Å²) in [5.41, 5.74) is 3.82. The molecule has 1 aliphatic heterocycles. The molecule has 1 aliphatic rings. The van der Waals surface area contributed by atoms with Gasteiger partial charge in [0, 0.05) is 24.1 Å². The lowest BCUT2D eigenvalue weighted by Crippen LogP contribution is -2.55. The van der Waals surface area contributed by atoms with Gasteiger partial charge in [-0.05, 0) is 56.2 Å². The number of piperazine rings is 1. The highest BCUT2D eigenvalue weighted by Crippen LogP contribution is 2.37. The molecule has 0 bridgehead atoms. The molecule has 4 aromatic rings. The molecule has 1 N–H and O–H groups in total. The van der Waals surface area contributed by atoms with Crippen LogP contribution in [0.1, 0.15) is 30.1 Å². The molecule has 0 radical (unpaired) electrons. The maximum Gasteiger partial charge on any atom is 0.264 e. The van der Waals surface area contributed by atoms with Gasteiger partial charge in [0.2, 0.25) is 6.29 Å². The number of benzene rings is 3. The lowest BCUT2D eigenvalue weighted by molar-refractivity contribution is -0.890. The fourth-order valence-corrected chi connectivity index (χ4v) is 6.92. The van der Waals surface area contributed by atoms with Crippen LogP contribution in [-0.2, 0) is 21.2 Å². The molecule has 0 saturated carbocycles. The van der Waals surface area contributed by atoms with Crippen molar-refractivity contribution in [2.75, 3.05) is 62.6 Å². The fraction of sp³-hybridized carbons (Fsp3) is 0.375. The second-order valence-corrected chi connectivity index (χ2v) is 13.1. The maximum atomic E-state index is 14.5. The molecule has 3 aromatic carbocycles. The zero-order valence-electron chi connectivity index (χ0n) is 24.3. The summed E-state index contributed by atoms with van der Waals surface area (Å²) in [5.74, 6) is 0.286. The Morgan fingerprint density at radius 3 is 2.41 bits per heavy atom. The summed E-state index contributed by atoms with van der Waals surface area (Å²) in [4.78, 5) is 2.47. The molecule has 1 unspecified atom stereocenters. The lowest BCUT2D eigenvalue weighted by atomic mass is 10.1. The monoisotopic (exact) mass is 578 g/mol. The first-order valence-electron chi connectivity index (χ1n) is 14.2. The van der Waals surface area contributed by atoms with Crippen LogP contribution < -0.4 is 9.21 Å². The van der Waals surface area contributed by atoms with Crippen molar-refractivity contribution in [3.05, 3.63) is 89.7 Å². The van der Waals surface area contributed by atoms with E-state index in [2.05, 4.69) is 19.0 Å². The van der Waals surface area contributed by atoms with Crippen molar-refractivity contribution in [2.24, 2.45) is 0 Å². The minimum atomic E-state index is -3.97. The van der Waals surface area contributed by atoms with Gasteiger partial charge >= 0.3 is 0 Å². The van der Waals surface area contributed by atoms with E-state index in [1.807, 2.05) is 54.6 Å². The molecule has 2 heterocycles. The van der Waals surface area contributed by atoms with Crippen molar-refractivity contribution in [1.82, 2.24) is 0 Å². The Kier molecular flexibility index (Phi) is 8.42. The third-order valence-electron chi connectivity index (χ3n) is 7.97. The van der Waals surface area contributed by atoms with Gasteiger partial charge < -0.3 is 23.6 Å². The first kappa shape index (κ1) is 29.1. The summed E-state index contributed by atoms with van der Waals surface area (Å²) < 4.78 is 42.6. The molecule has 5 rings (SSSR count). The van der Waals surface area contributed by atoms with Crippen LogP contribution in [0, 0.1) is 6.92 Å². The standard InChI is InChI=1S/C32H40N3O5S/c1-5-39-32(36)31-24(2)27-23-26(15-16-30(27)40-31)41(37,38)34(18-17-25-11-7-6-8-12-25)29-14-10-9-13-28(29)33-19-21-35(3,4)22-20-33/h6-16,23,32,36H,5,17-22H2,1-4H3/q+1. The third kappa shape index (κ3) is 6.13. The van der Waals surface area contributed by atoms with Gasteiger partial charge in [-0.15, -0.1) is 0 Å². The number of aliphatic hydroxyl groups is 1. The van der Waals surface area contributed by atoms with Crippen LogP contribution in [0.15, 0.2) is 82.1 Å². The van der Waals surface area contributed by atoms with Crippen LogP contribution in [0.5, 0.6) is 0 Å². The Balaban J connectivity index is 1.56. The number of sulfonamides is 1. The Hall–Kier alpha value is -3.37. The van der Waals surface area contributed by atoms with E-state index < -0.39 is 16.3 Å². The predicted octanol–water partition coefficient (Wildman–Crippen LogP) is 5.10. The number of aryl methyl sites for hydroxylation is 1. The van der Waals surface area contributed by atoms with Crippen molar-refractivity contribution >= 4 is 32.4 Å². The quantitative estimate of drug-likeness (QED) is 0.208. The van der Waals surface area contributed by atoms with Gasteiger partial charge in [-0.3, -0.25) is 4.31 Å². The van der Waals surface area contributed by atoms with Crippen LogP contribution in [0.2, 0.25) is 0 Å². The number of rotatable bonds is 10. The topological polar surface area (TPSA) is 83.2 Å². The Labute approximate surface area is 243 Å². The second-order valence-electron chi connectivity index (χ2n) is 11.2. The van der Waals surface area contributed by atoms with Gasteiger partial charge in [-0.2, -0.15) is 0 Å². The third-order valence-corrected chi connectivity index (χ3v) is 9.78. The van der Waals surface area contributed by atoms with Crippen LogP contribution in [0.25, 0.3) is 11.0 Å². The summed E-state index contributed by atoms with van der Waals surface area (Å²) in [6.07, 6.45) is -0.648. The molecule has 41 heavy (non-hydrogen) atoms. The zero-order chi connectivity index (χ0) is 29.2. The van der Waals surface area contributed by atoms with E-state index in [1.54, 1.807) is 36.4 Å². The first-order valence-corrected chi connectivity index (χ1v) is 15.6. The van der Waals surface area contributed by atoms with Crippen molar-refractivity contribution in [1.29, 1.82) is 0 Å². The van der Waals surface area contributed by atoms with Gasteiger partial charge in [0.15, 0.2) is 5.76 Å². The summed E-state index contributed by atoms with van der Waals surface area (Å²) in [6.45, 7) is 7.87. The lowest BCUT2D eigenvalue weighted by Gasteiger charge is -2.41. The van der Waals surface area contributed by atoms with Crippen molar-refractivity contribution in [2.45, 2.75) is 31.5 Å². The van der Waals surface area contributed by atoms with E-state index in [0.717, 1.165) is 41.9 Å². The summed E-state index contributed by atoms with van der Waals surface area (Å²) in [6, 6.07) is 22.6. The largest absolute Gasteiger partial charge is 0.455 e. The van der Waals surface area contributed by atoms with E-state index in [9.17, 15) is 13.5 Å². The van der Waals surface area contributed by atoms with Crippen molar-refractivity contribution < 1.29 is 27.2 Å². The fourth-order valence-electron chi connectivity index (χ4n) is 5.41. The number of fused-ring (bicyclic) bond motifs is 1. The van der Waals surface area contributed by atoms with Gasteiger partial charge in [0.1, 0.15) is 5.58 Å². The molecular weight excluding hydrogens is 538 g/mol. The molecule has 0 aliphatic carbocycles. The number of likely N-dealkylation sites (N-methyl/N-ethyl adjacent to an activating group) is 1. The summed E-state index contributed by atoms with van der Waals surface area (Å²) in [5, 5.41) is 11.0. The Morgan fingerprint density at radius 1 is 1.02 bits per heavy atom. The molecule has 8 nitrogen and oxygen atoms in total. The average Bonchev–Trinajstić information content (AvgIpc) is 3.30. The highest BCUT2D eigenvalue weighted by Gasteiger charge is 2.31. The molecule has 0 spiro atoms. The molecule has 1 atom stereocenters. The van der Waals surface area contributed by atoms with E-state index >= 15 is 0 Å². The molecular formula is C32H40N3O5S+. The molecule has 1 fully saturated rings. The van der Waals surface area contributed by atoms with Crippen LogP contribution in [-0.4, -0.2) is 71.4 Å². The van der Waals surface area contributed by atoms with E-state index in [-0.39, 0.29) is 17.2 Å². The molecule has 1 aromatic heterocycles. The van der Waals surface area contributed by atoms with Gasteiger partial charge in [-0.25, -0.2) is 8.42 Å². The first-order chi connectivity index (χ1) is 19.6. The molecule has 218 valence electrons. The van der Waals surface area contributed by atoms with Crippen LogP contribution in [0.4, 0.5) is 11.4 Å². The number of nitrogens with zero attached hydrogens (tertiary/aromatic N) is 3. The number of anilines is 2. The van der Waals surface area contributed by atoms with Crippen molar-refractivity contribution in [3.63, 3.8) is 0 Å². The smallest absolute Gasteiger partial charge is 0.264 e. The highest BCUT2D eigenvalue weighted by molar-refractivity contribution is 7.92. The van der Waals surface area contributed by atoms with Gasteiger partial charge in [0.25, 0.3) is 10.0 Å². The number of para-hydroxylation sites is 2. The minimum Gasteiger partial charge on any atom is -0.455 e. The van der Waals surface area contributed by atoms with Crippen LogP contribution >= 0.6 is 0 Å². The van der Waals surface area contributed by atoms with Gasteiger partial charge in [-0.1, -0.05) is 42.5 Å². The Bertz CT molecular complexity index is 1590. The average molecular weight is 579 g/mol.